The molecule has 0 spiro atoms. The number of benzene rings is 1. The molecule has 0 bridgehead atoms. The van der Waals surface area contributed by atoms with Gasteiger partial charge in [-0.25, -0.2) is 0 Å². The van der Waals surface area contributed by atoms with Crippen LogP contribution in [-0.4, -0.2) is 11.7 Å². The van der Waals surface area contributed by atoms with Gasteiger partial charge in [-0.15, -0.1) is 0 Å². The molecule has 12 heavy (non-hydrogen) atoms. The van der Waals surface area contributed by atoms with Crippen LogP contribution in [0.5, 0.6) is 0 Å². The fourth-order valence-electron chi connectivity index (χ4n) is 1.24. The molecule has 0 amide bonds. The van der Waals surface area contributed by atoms with E-state index in [0.29, 0.717) is 0 Å². The molecule has 66 valence electrons. The van der Waals surface area contributed by atoms with E-state index < -0.39 is 0 Å². The molecule has 0 radical (unpaired) electrons. The molecular formula is C10H13ClO. The largest absolute Gasteiger partial charge is 0.396 e. The predicted molar refractivity (Wildman–Crippen MR) is 51.6 cm³/mol. The maximum Gasteiger partial charge on any atom is 0.0440 e. The molecular weight excluding hydrogens is 172 g/mol. The minimum absolute atomic E-state index is 0.227. The second kappa shape index (κ2) is 4.48. The summed E-state index contributed by atoms with van der Waals surface area (Å²) in [5.41, 5.74) is 2.36. The molecule has 1 N–H and O–H groups in total. The first-order chi connectivity index (χ1) is 5.75. The summed E-state index contributed by atoms with van der Waals surface area (Å²) < 4.78 is 0. The van der Waals surface area contributed by atoms with Crippen molar-refractivity contribution < 1.29 is 5.11 Å². The van der Waals surface area contributed by atoms with E-state index in [-0.39, 0.29) is 6.61 Å². The molecule has 0 atom stereocenters. The van der Waals surface area contributed by atoms with Crippen LogP contribution < -0.4 is 0 Å². The highest BCUT2D eigenvalue weighted by Crippen LogP contribution is 2.20. The molecule has 0 heterocycles. The number of rotatable bonds is 3. The van der Waals surface area contributed by atoms with Crippen LogP contribution in [0.25, 0.3) is 0 Å². The standard InChI is InChI=1S/C10H13ClO/c1-8-4-2-6-10(11)9(8)5-3-7-12/h2,4,6,12H,3,5,7H2,1H3. The Morgan fingerprint density at radius 1 is 1.42 bits per heavy atom. The number of hydrogen-bond acceptors (Lipinski definition) is 1. The molecule has 1 aromatic rings. The second-order valence-electron chi connectivity index (χ2n) is 2.86. The third-order valence-electron chi connectivity index (χ3n) is 1.94. The number of aliphatic hydroxyl groups excluding tert-OH is 1. The van der Waals surface area contributed by atoms with Gasteiger partial charge >= 0.3 is 0 Å². The van der Waals surface area contributed by atoms with Gasteiger partial charge < -0.3 is 5.11 Å². The maximum atomic E-state index is 8.67. The summed E-state index contributed by atoms with van der Waals surface area (Å²) >= 11 is 5.98. The van der Waals surface area contributed by atoms with Crippen LogP contribution in [0.3, 0.4) is 0 Å². The highest BCUT2D eigenvalue weighted by atomic mass is 35.5. The Balaban J connectivity index is 2.81. The molecule has 0 saturated heterocycles. The van der Waals surface area contributed by atoms with Crippen LogP contribution in [0.2, 0.25) is 5.02 Å². The summed E-state index contributed by atoms with van der Waals surface area (Å²) in [5.74, 6) is 0. The molecule has 1 nitrogen and oxygen atoms in total. The first kappa shape index (κ1) is 9.56. The molecule has 0 unspecified atom stereocenters. The number of aliphatic hydroxyl groups is 1. The normalized spacial score (nSPS) is 10.2. The van der Waals surface area contributed by atoms with Crippen molar-refractivity contribution in [1.29, 1.82) is 0 Å². The first-order valence-corrected chi connectivity index (χ1v) is 4.48. The zero-order chi connectivity index (χ0) is 8.97. The van der Waals surface area contributed by atoms with Crippen LogP contribution >= 0.6 is 11.6 Å². The van der Waals surface area contributed by atoms with Gasteiger partial charge in [-0.1, -0.05) is 23.7 Å². The van der Waals surface area contributed by atoms with E-state index in [1.54, 1.807) is 0 Å². The lowest BCUT2D eigenvalue weighted by Gasteiger charge is -2.06. The number of halogens is 1. The summed E-state index contributed by atoms with van der Waals surface area (Å²) in [6.45, 7) is 2.27. The smallest absolute Gasteiger partial charge is 0.0440 e. The lowest BCUT2D eigenvalue weighted by molar-refractivity contribution is 0.288. The van der Waals surface area contributed by atoms with Crippen LogP contribution in [0.4, 0.5) is 0 Å². The van der Waals surface area contributed by atoms with Crippen molar-refractivity contribution in [3.05, 3.63) is 34.3 Å². The summed E-state index contributed by atoms with van der Waals surface area (Å²) in [4.78, 5) is 0. The van der Waals surface area contributed by atoms with Gasteiger partial charge in [0.05, 0.1) is 0 Å². The van der Waals surface area contributed by atoms with Crippen molar-refractivity contribution in [1.82, 2.24) is 0 Å². The van der Waals surface area contributed by atoms with E-state index in [4.69, 9.17) is 16.7 Å². The molecule has 1 aromatic carbocycles. The van der Waals surface area contributed by atoms with Gasteiger partial charge in [-0.3, -0.25) is 0 Å². The lowest BCUT2D eigenvalue weighted by atomic mass is 10.0. The van der Waals surface area contributed by atoms with Crippen LogP contribution in [0.15, 0.2) is 18.2 Å². The van der Waals surface area contributed by atoms with Crippen molar-refractivity contribution in [2.75, 3.05) is 6.61 Å². The molecule has 0 aliphatic rings. The fraction of sp³-hybridized carbons (Fsp3) is 0.400. The Kier molecular flexibility index (Phi) is 3.57. The number of aryl methyl sites for hydroxylation is 1. The molecule has 0 saturated carbocycles. The van der Waals surface area contributed by atoms with Gasteiger partial charge in [-0.2, -0.15) is 0 Å². The highest BCUT2D eigenvalue weighted by Gasteiger charge is 2.01. The summed E-state index contributed by atoms with van der Waals surface area (Å²) in [5, 5.41) is 9.48. The molecule has 0 aromatic heterocycles. The zero-order valence-corrected chi connectivity index (χ0v) is 7.93. The minimum Gasteiger partial charge on any atom is -0.396 e. The quantitative estimate of drug-likeness (QED) is 0.766. The Morgan fingerprint density at radius 2 is 2.17 bits per heavy atom. The van der Waals surface area contributed by atoms with E-state index in [9.17, 15) is 0 Å². The average Bonchev–Trinajstić information content (AvgIpc) is 2.04. The third-order valence-corrected chi connectivity index (χ3v) is 2.29. The number of hydrogen-bond donors (Lipinski definition) is 1. The average molecular weight is 185 g/mol. The zero-order valence-electron chi connectivity index (χ0n) is 7.18. The maximum absolute atomic E-state index is 8.67. The Morgan fingerprint density at radius 3 is 2.75 bits per heavy atom. The van der Waals surface area contributed by atoms with Crippen molar-refractivity contribution in [3.63, 3.8) is 0 Å². The van der Waals surface area contributed by atoms with Gasteiger partial charge in [0.1, 0.15) is 0 Å². The fourth-order valence-corrected chi connectivity index (χ4v) is 1.56. The molecule has 0 fully saturated rings. The van der Waals surface area contributed by atoms with Crippen LogP contribution in [0.1, 0.15) is 17.5 Å². The molecule has 0 aliphatic carbocycles. The van der Waals surface area contributed by atoms with Crippen molar-refractivity contribution in [2.45, 2.75) is 19.8 Å². The highest BCUT2D eigenvalue weighted by molar-refractivity contribution is 6.31. The van der Waals surface area contributed by atoms with Gasteiger partial charge in [0.25, 0.3) is 0 Å². The summed E-state index contributed by atoms with van der Waals surface area (Å²) in [6.07, 6.45) is 1.65. The Labute approximate surface area is 78.0 Å². The molecule has 2 heteroatoms. The van der Waals surface area contributed by atoms with Gasteiger partial charge in [0.15, 0.2) is 0 Å². The summed E-state index contributed by atoms with van der Waals surface area (Å²) in [6, 6.07) is 5.87. The van der Waals surface area contributed by atoms with Gasteiger partial charge in [-0.05, 0) is 37.0 Å². The predicted octanol–water partition coefficient (Wildman–Crippen LogP) is 2.57. The monoisotopic (exact) mass is 184 g/mol. The van der Waals surface area contributed by atoms with E-state index in [0.717, 1.165) is 23.4 Å². The second-order valence-corrected chi connectivity index (χ2v) is 3.27. The van der Waals surface area contributed by atoms with Crippen molar-refractivity contribution in [3.8, 4) is 0 Å². The van der Waals surface area contributed by atoms with Crippen molar-refractivity contribution in [2.24, 2.45) is 0 Å². The molecule has 1 rings (SSSR count). The van der Waals surface area contributed by atoms with E-state index in [1.807, 2.05) is 25.1 Å². The summed E-state index contributed by atoms with van der Waals surface area (Å²) in [7, 11) is 0. The lowest BCUT2D eigenvalue weighted by Crippen LogP contribution is -1.93. The van der Waals surface area contributed by atoms with Crippen LogP contribution in [0, 0.1) is 6.92 Å². The minimum atomic E-state index is 0.227. The Bertz CT molecular complexity index is 238. The van der Waals surface area contributed by atoms with Gasteiger partial charge in [0.2, 0.25) is 0 Å². The topological polar surface area (TPSA) is 20.2 Å². The third kappa shape index (κ3) is 2.23. The molecule has 0 aliphatic heterocycles. The first-order valence-electron chi connectivity index (χ1n) is 4.10. The van der Waals surface area contributed by atoms with Crippen LogP contribution in [-0.2, 0) is 6.42 Å². The van der Waals surface area contributed by atoms with Crippen molar-refractivity contribution >= 4 is 11.6 Å². The van der Waals surface area contributed by atoms with E-state index >= 15 is 0 Å². The SMILES string of the molecule is Cc1cccc(Cl)c1CCCO. The van der Waals surface area contributed by atoms with E-state index in [2.05, 4.69) is 0 Å². The Hall–Kier alpha value is -0.530. The van der Waals surface area contributed by atoms with E-state index in [1.165, 1.54) is 5.56 Å². The van der Waals surface area contributed by atoms with Gasteiger partial charge in [0, 0.05) is 11.6 Å².